The number of fused-ring (bicyclic) bond motifs is 12. The average Bonchev–Trinajstić information content (AvgIpc) is 4.02. The number of nitrogens with zero attached hydrogens (tertiary/aromatic N) is 2. The topological polar surface area (TPSA) is 36.1 Å². The molecule has 4 heterocycles. The Bertz CT molecular complexity index is 3740. The van der Waals surface area contributed by atoms with Gasteiger partial charge >= 0.3 is 0 Å². The minimum atomic E-state index is 0.899. The molecule has 13 rings (SSSR count). The van der Waals surface area contributed by atoms with Crippen LogP contribution in [0.4, 0.5) is 0 Å². The number of benzene rings is 8. The van der Waals surface area contributed by atoms with Gasteiger partial charge in [0.2, 0.25) is 0 Å². The van der Waals surface area contributed by atoms with Crippen molar-refractivity contribution in [3.8, 4) is 27.9 Å². The van der Waals surface area contributed by atoms with E-state index < -0.39 is 0 Å². The zero-order valence-electron chi connectivity index (χ0n) is 31.4. The van der Waals surface area contributed by atoms with Crippen LogP contribution in [0.5, 0.6) is 0 Å². The van der Waals surface area contributed by atoms with Crippen molar-refractivity contribution in [2.45, 2.75) is 12.8 Å². The molecular weight excluding hydrogens is 709 g/mol. The van der Waals surface area contributed by atoms with Crippen molar-refractivity contribution in [3.63, 3.8) is 0 Å². The Hall–Kier alpha value is -7.56. The molecule has 58 heavy (non-hydrogen) atoms. The number of hydrogen-bond acceptors (Lipinski definition) is 2. The van der Waals surface area contributed by atoms with E-state index in [1.807, 2.05) is 12.1 Å². The van der Waals surface area contributed by atoms with Crippen LogP contribution in [0.25, 0.3) is 121 Å². The predicted octanol–water partition coefficient (Wildman–Crippen LogP) is 15.2. The van der Waals surface area contributed by atoms with Gasteiger partial charge in [-0.25, -0.2) is 0 Å². The Balaban J connectivity index is 0.990. The van der Waals surface area contributed by atoms with Crippen molar-refractivity contribution in [1.29, 1.82) is 0 Å². The molecule has 272 valence electrons. The third kappa shape index (κ3) is 4.57. The molecule has 0 aliphatic heterocycles. The van der Waals surface area contributed by atoms with E-state index in [0.717, 1.165) is 73.4 Å². The molecule has 1 aliphatic rings. The summed E-state index contributed by atoms with van der Waals surface area (Å²) in [5, 5.41) is 9.45. The van der Waals surface area contributed by atoms with E-state index in [0.29, 0.717) is 0 Å². The maximum Gasteiger partial charge on any atom is 0.137 e. The van der Waals surface area contributed by atoms with Gasteiger partial charge < -0.3 is 18.0 Å². The molecule has 0 unspecified atom stereocenters. The highest BCUT2D eigenvalue weighted by atomic mass is 16.3. The zero-order chi connectivity index (χ0) is 37.9. The first-order valence-corrected chi connectivity index (χ1v) is 20.1. The van der Waals surface area contributed by atoms with Crippen molar-refractivity contribution in [2.24, 2.45) is 0 Å². The number of aromatic nitrogens is 2. The Morgan fingerprint density at radius 1 is 0.345 bits per heavy atom. The zero-order valence-corrected chi connectivity index (χ0v) is 31.4. The van der Waals surface area contributed by atoms with Crippen molar-refractivity contribution in [2.75, 3.05) is 0 Å². The molecule has 0 saturated carbocycles. The molecule has 0 radical (unpaired) electrons. The molecule has 4 heteroatoms. The van der Waals surface area contributed by atoms with Gasteiger partial charge in [0.15, 0.2) is 0 Å². The van der Waals surface area contributed by atoms with Crippen molar-refractivity contribution >= 4 is 93.2 Å². The molecule has 1 aliphatic carbocycles. The van der Waals surface area contributed by atoms with Gasteiger partial charge in [-0.1, -0.05) is 97.1 Å². The summed E-state index contributed by atoms with van der Waals surface area (Å²) in [6.07, 6.45) is 9.00. The van der Waals surface area contributed by atoms with Gasteiger partial charge in [0.1, 0.15) is 22.3 Å². The first kappa shape index (κ1) is 31.6. The first-order chi connectivity index (χ1) is 28.7. The number of hydrogen-bond donors (Lipinski definition) is 0. The second-order valence-electron chi connectivity index (χ2n) is 15.6. The smallest absolute Gasteiger partial charge is 0.137 e. The molecule has 4 aromatic heterocycles. The molecule has 8 aromatic carbocycles. The number of allylic oxidation sites excluding steroid dienone is 4. The van der Waals surface area contributed by atoms with Crippen LogP contribution in [-0.4, -0.2) is 9.13 Å². The Kier molecular flexibility index (Phi) is 6.53. The summed E-state index contributed by atoms with van der Waals surface area (Å²) in [6, 6.07) is 59.3. The normalized spacial score (nSPS) is 13.4. The Labute approximate surface area is 332 Å². The summed E-state index contributed by atoms with van der Waals surface area (Å²) in [5.74, 6) is 0. The lowest BCUT2D eigenvalue weighted by atomic mass is 9.97. The van der Waals surface area contributed by atoms with Crippen molar-refractivity contribution in [3.05, 3.63) is 182 Å². The highest BCUT2D eigenvalue weighted by Gasteiger charge is 2.20. The lowest BCUT2D eigenvalue weighted by Gasteiger charge is -2.12. The van der Waals surface area contributed by atoms with E-state index >= 15 is 0 Å². The molecule has 0 spiro atoms. The lowest BCUT2D eigenvalue weighted by Crippen LogP contribution is -1.96. The molecule has 0 amide bonds. The van der Waals surface area contributed by atoms with E-state index in [1.54, 1.807) is 0 Å². The van der Waals surface area contributed by atoms with E-state index in [1.165, 1.54) is 60.5 Å². The van der Waals surface area contributed by atoms with Gasteiger partial charge in [0, 0.05) is 66.6 Å². The largest absolute Gasteiger partial charge is 0.456 e. The maximum absolute atomic E-state index is 6.40. The fraction of sp³-hybridized carbons (Fsp3) is 0.0370. The fourth-order valence-electron chi connectivity index (χ4n) is 9.61. The minimum absolute atomic E-state index is 0.899. The van der Waals surface area contributed by atoms with Gasteiger partial charge in [-0.2, -0.15) is 0 Å². The van der Waals surface area contributed by atoms with Crippen molar-refractivity contribution < 1.29 is 8.83 Å². The van der Waals surface area contributed by atoms with E-state index in [2.05, 4.69) is 179 Å². The molecule has 0 atom stereocenters. The van der Waals surface area contributed by atoms with E-state index in [9.17, 15) is 0 Å². The van der Waals surface area contributed by atoms with Gasteiger partial charge in [-0.3, -0.25) is 0 Å². The third-order valence-electron chi connectivity index (χ3n) is 12.3. The second-order valence-corrected chi connectivity index (χ2v) is 15.6. The first-order valence-electron chi connectivity index (χ1n) is 20.1. The summed E-state index contributed by atoms with van der Waals surface area (Å²) in [7, 11) is 0. The van der Waals surface area contributed by atoms with Crippen LogP contribution >= 0.6 is 0 Å². The summed E-state index contributed by atoms with van der Waals surface area (Å²) in [4.78, 5) is 0. The SMILES string of the molecule is C1=CC(n2c3ccc(-c4cccc(-c5ccc6c(c5)c5cc7c(cc5n6-c5ccccc5)oc5ccccc57)c4)cc3c3cc4c(cc32)oc2ccccc24)=CCC1. The number of rotatable bonds is 4. The lowest BCUT2D eigenvalue weighted by molar-refractivity contribution is 0.669. The fourth-order valence-corrected chi connectivity index (χ4v) is 9.61. The van der Waals surface area contributed by atoms with E-state index in [-0.39, 0.29) is 0 Å². The minimum Gasteiger partial charge on any atom is -0.456 e. The highest BCUT2D eigenvalue weighted by molar-refractivity contribution is 6.20. The molecule has 0 fully saturated rings. The van der Waals surface area contributed by atoms with Crippen LogP contribution in [-0.2, 0) is 0 Å². The maximum atomic E-state index is 6.40. The average molecular weight is 743 g/mol. The van der Waals surface area contributed by atoms with Crippen LogP contribution in [0, 0.1) is 0 Å². The Morgan fingerprint density at radius 2 is 0.879 bits per heavy atom. The molecule has 0 N–H and O–H groups in total. The molecule has 4 nitrogen and oxygen atoms in total. The standard InChI is InChI=1S/C54H34N2O2/c1-3-14-37(15-4-1)55-47-24-22-35(27-41(47)43-29-45-39-18-7-9-20-51(39)57-53(45)31-49(43)55)33-12-11-13-34(26-33)36-23-25-48-42(28-36)44-30-46-40-19-8-10-21-52(40)58-54(46)32-50(44)56(48)38-16-5-2-6-17-38/h1,3-5,7-32H,2,6H2. The van der Waals surface area contributed by atoms with Gasteiger partial charge in [-0.05, 0) is 108 Å². The molecule has 12 aromatic rings. The second kappa shape index (κ2) is 12.0. The van der Waals surface area contributed by atoms with Crippen LogP contribution in [0.2, 0.25) is 0 Å². The van der Waals surface area contributed by atoms with Gasteiger partial charge in [-0.15, -0.1) is 0 Å². The number of furan rings is 2. The highest BCUT2D eigenvalue weighted by Crippen LogP contribution is 2.42. The van der Waals surface area contributed by atoms with Crippen molar-refractivity contribution in [1.82, 2.24) is 9.13 Å². The molecule has 0 bridgehead atoms. The summed E-state index contributed by atoms with van der Waals surface area (Å²) in [5.41, 5.74) is 15.4. The van der Waals surface area contributed by atoms with Crippen LogP contribution in [0.3, 0.4) is 0 Å². The molecule has 0 saturated heterocycles. The van der Waals surface area contributed by atoms with Gasteiger partial charge in [0.25, 0.3) is 0 Å². The quantitative estimate of drug-likeness (QED) is 0.180. The monoisotopic (exact) mass is 742 g/mol. The van der Waals surface area contributed by atoms with Crippen LogP contribution in [0.15, 0.2) is 191 Å². The Morgan fingerprint density at radius 3 is 1.48 bits per heavy atom. The van der Waals surface area contributed by atoms with Gasteiger partial charge in [0.05, 0.1) is 22.1 Å². The van der Waals surface area contributed by atoms with Crippen LogP contribution < -0.4 is 0 Å². The summed E-state index contributed by atoms with van der Waals surface area (Å²) >= 11 is 0. The number of para-hydroxylation sites is 3. The van der Waals surface area contributed by atoms with Crippen LogP contribution in [0.1, 0.15) is 12.8 Å². The third-order valence-corrected chi connectivity index (χ3v) is 12.3. The summed E-state index contributed by atoms with van der Waals surface area (Å²) < 4.78 is 17.6. The van der Waals surface area contributed by atoms with E-state index in [4.69, 9.17) is 8.83 Å². The predicted molar refractivity (Wildman–Crippen MR) is 242 cm³/mol. The molecular formula is C54H34N2O2. The summed E-state index contributed by atoms with van der Waals surface area (Å²) in [6.45, 7) is 0.